The number of nitrogens with one attached hydrogen (secondary N) is 2. The predicted molar refractivity (Wildman–Crippen MR) is 89.7 cm³/mol. The molecule has 1 aromatic rings. The van der Waals surface area contributed by atoms with Crippen LogP contribution in [0.25, 0.3) is 5.70 Å². The van der Waals surface area contributed by atoms with E-state index in [2.05, 4.69) is 47.3 Å². The summed E-state index contributed by atoms with van der Waals surface area (Å²) in [6, 6.07) is 11.2. The van der Waals surface area contributed by atoms with E-state index < -0.39 is 0 Å². The van der Waals surface area contributed by atoms with Crippen molar-refractivity contribution >= 4 is 5.70 Å². The summed E-state index contributed by atoms with van der Waals surface area (Å²) in [7, 11) is 0. The summed E-state index contributed by atoms with van der Waals surface area (Å²) < 4.78 is 0. The molecule has 2 N–H and O–H groups in total. The average molecular weight is 294 g/mol. The van der Waals surface area contributed by atoms with Gasteiger partial charge in [-0.3, -0.25) is 0 Å². The number of rotatable bonds is 3. The summed E-state index contributed by atoms with van der Waals surface area (Å²) in [5, 5.41) is 0. The summed E-state index contributed by atoms with van der Waals surface area (Å²) in [4.78, 5) is 0. The Morgan fingerprint density at radius 1 is 0.909 bits per heavy atom. The minimum absolute atomic E-state index is 0.506. The Morgan fingerprint density at radius 3 is 2.18 bits per heavy atom. The van der Waals surface area contributed by atoms with Gasteiger partial charge in [0.15, 0.2) is 0 Å². The van der Waals surface area contributed by atoms with E-state index in [4.69, 9.17) is 0 Å². The van der Waals surface area contributed by atoms with Gasteiger partial charge in [0, 0.05) is 6.04 Å². The van der Waals surface area contributed by atoms with Gasteiger partial charge in [0.1, 0.15) is 0 Å². The minimum Gasteiger partial charge on any atom is -0.321 e. The fourth-order valence-corrected chi connectivity index (χ4v) is 6.36. The Hall–Kier alpha value is -1.28. The predicted octanol–water partition coefficient (Wildman–Crippen LogP) is 4.11. The Bertz CT molecular complexity index is 554. The highest BCUT2D eigenvalue weighted by atomic mass is 15.4. The lowest BCUT2D eigenvalue weighted by atomic mass is 9.48. The third-order valence-electron chi connectivity index (χ3n) is 6.66. The first-order chi connectivity index (χ1) is 10.8. The van der Waals surface area contributed by atoms with Crippen LogP contribution in [0.2, 0.25) is 0 Å². The molecule has 116 valence electrons. The topological polar surface area (TPSA) is 24.1 Å². The first kappa shape index (κ1) is 13.2. The SMILES string of the molecule is C1=C(c2ccccc2)NNC1CC12CC3CC(CC(C3)C1)C2. The molecule has 2 nitrogen and oxygen atoms in total. The van der Waals surface area contributed by atoms with Crippen LogP contribution in [0.4, 0.5) is 0 Å². The van der Waals surface area contributed by atoms with Crippen molar-refractivity contribution in [2.45, 2.75) is 51.0 Å². The highest BCUT2D eigenvalue weighted by Gasteiger charge is 2.51. The van der Waals surface area contributed by atoms with Gasteiger partial charge in [-0.1, -0.05) is 30.3 Å². The molecule has 4 saturated carbocycles. The van der Waals surface area contributed by atoms with E-state index in [-0.39, 0.29) is 0 Å². The molecule has 6 rings (SSSR count). The van der Waals surface area contributed by atoms with Crippen molar-refractivity contribution < 1.29 is 0 Å². The van der Waals surface area contributed by atoms with E-state index in [0.717, 1.165) is 17.8 Å². The monoisotopic (exact) mass is 294 g/mol. The molecule has 5 aliphatic rings. The first-order valence-electron chi connectivity index (χ1n) is 9.07. The zero-order valence-electron chi connectivity index (χ0n) is 13.2. The van der Waals surface area contributed by atoms with Crippen molar-refractivity contribution in [2.24, 2.45) is 23.2 Å². The second-order valence-corrected chi connectivity index (χ2v) is 8.44. The Morgan fingerprint density at radius 2 is 1.55 bits per heavy atom. The lowest BCUT2D eigenvalue weighted by Crippen LogP contribution is -2.48. The molecule has 0 spiro atoms. The number of hydrazine groups is 1. The van der Waals surface area contributed by atoms with Crippen LogP contribution in [-0.4, -0.2) is 6.04 Å². The second-order valence-electron chi connectivity index (χ2n) is 8.44. The highest BCUT2D eigenvalue weighted by molar-refractivity contribution is 5.65. The van der Waals surface area contributed by atoms with Gasteiger partial charge in [-0.15, -0.1) is 0 Å². The maximum atomic E-state index is 3.54. The molecular formula is C20H26N2. The Balaban J connectivity index is 1.34. The number of benzene rings is 1. The molecular weight excluding hydrogens is 268 g/mol. The summed E-state index contributed by atoms with van der Waals surface area (Å²) in [6.45, 7) is 0. The van der Waals surface area contributed by atoms with Crippen molar-refractivity contribution in [3.8, 4) is 0 Å². The van der Waals surface area contributed by atoms with Gasteiger partial charge in [-0.2, -0.15) is 0 Å². The molecule has 1 unspecified atom stereocenters. The smallest absolute Gasteiger partial charge is 0.0536 e. The lowest BCUT2D eigenvalue weighted by Gasteiger charge is -2.57. The van der Waals surface area contributed by atoms with E-state index in [0.29, 0.717) is 11.5 Å². The molecule has 22 heavy (non-hydrogen) atoms. The third-order valence-corrected chi connectivity index (χ3v) is 6.66. The molecule has 4 bridgehead atoms. The van der Waals surface area contributed by atoms with Crippen molar-refractivity contribution in [3.05, 3.63) is 42.0 Å². The molecule has 0 aromatic heterocycles. The van der Waals surface area contributed by atoms with Crippen LogP contribution < -0.4 is 10.9 Å². The van der Waals surface area contributed by atoms with E-state index >= 15 is 0 Å². The van der Waals surface area contributed by atoms with E-state index in [1.165, 1.54) is 36.9 Å². The molecule has 1 heterocycles. The van der Waals surface area contributed by atoms with Crippen molar-refractivity contribution in [3.63, 3.8) is 0 Å². The zero-order valence-corrected chi connectivity index (χ0v) is 13.2. The molecule has 1 aliphatic heterocycles. The van der Waals surface area contributed by atoms with Gasteiger partial charge in [0.2, 0.25) is 0 Å². The standard InChI is InChI=1S/C20H26N2/c1-2-4-17(5-3-1)19-9-18(21-22-19)13-20-10-14-6-15(11-20)8-16(7-14)12-20/h1-5,9,14-16,18,21-22H,6-8,10-13H2. The van der Waals surface area contributed by atoms with Crippen LogP contribution in [0.15, 0.2) is 36.4 Å². The quantitative estimate of drug-likeness (QED) is 0.876. The molecule has 4 aliphatic carbocycles. The normalized spacial score (nSPS) is 42.3. The van der Waals surface area contributed by atoms with Gasteiger partial charge in [-0.05, 0) is 79.8 Å². The van der Waals surface area contributed by atoms with Crippen molar-refractivity contribution in [1.82, 2.24) is 10.9 Å². The van der Waals surface area contributed by atoms with Crippen LogP contribution in [0.5, 0.6) is 0 Å². The Kier molecular flexibility index (Phi) is 2.91. The largest absolute Gasteiger partial charge is 0.321 e. The van der Waals surface area contributed by atoms with E-state index in [1.54, 1.807) is 19.3 Å². The summed E-state index contributed by atoms with van der Waals surface area (Å²) in [5.74, 6) is 3.16. The highest BCUT2D eigenvalue weighted by Crippen LogP contribution is 2.61. The first-order valence-corrected chi connectivity index (χ1v) is 9.07. The summed E-state index contributed by atoms with van der Waals surface area (Å²) in [6.07, 6.45) is 12.9. The van der Waals surface area contributed by atoms with Gasteiger partial charge in [0.05, 0.1) is 5.70 Å². The summed E-state index contributed by atoms with van der Waals surface area (Å²) >= 11 is 0. The summed E-state index contributed by atoms with van der Waals surface area (Å²) in [5.41, 5.74) is 10.2. The fourth-order valence-electron chi connectivity index (χ4n) is 6.36. The number of hydrogen-bond donors (Lipinski definition) is 2. The average Bonchev–Trinajstić information content (AvgIpc) is 2.94. The molecule has 0 amide bonds. The minimum atomic E-state index is 0.506. The lowest BCUT2D eigenvalue weighted by molar-refractivity contribution is -0.0598. The molecule has 0 radical (unpaired) electrons. The van der Waals surface area contributed by atoms with Crippen LogP contribution in [-0.2, 0) is 0 Å². The maximum absolute atomic E-state index is 3.54. The molecule has 4 fully saturated rings. The number of hydrogen-bond acceptors (Lipinski definition) is 2. The molecule has 2 heteroatoms. The Labute approximate surface area is 133 Å². The molecule has 1 aromatic carbocycles. The van der Waals surface area contributed by atoms with Crippen molar-refractivity contribution in [2.75, 3.05) is 0 Å². The van der Waals surface area contributed by atoms with Gasteiger partial charge in [-0.25, -0.2) is 5.43 Å². The molecule has 0 saturated heterocycles. The zero-order chi connectivity index (χ0) is 14.6. The van der Waals surface area contributed by atoms with Gasteiger partial charge >= 0.3 is 0 Å². The van der Waals surface area contributed by atoms with Crippen LogP contribution in [0.3, 0.4) is 0 Å². The van der Waals surface area contributed by atoms with Crippen molar-refractivity contribution in [1.29, 1.82) is 0 Å². The second kappa shape index (κ2) is 4.86. The van der Waals surface area contributed by atoms with Crippen LogP contribution in [0.1, 0.15) is 50.5 Å². The van der Waals surface area contributed by atoms with E-state index in [1.807, 2.05) is 0 Å². The van der Waals surface area contributed by atoms with Crippen LogP contribution in [0, 0.1) is 23.2 Å². The van der Waals surface area contributed by atoms with Crippen LogP contribution >= 0.6 is 0 Å². The molecule has 1 atom stereocenters. The van der Waals surface area contributed by atoms with Gasteiger partial charge < -0.3 is 5.43 Å². The van der Waals surface area contributed by atoms with E-state index in [9.17, 15) is 0 Å². The third kappa shape index (κ3) is 2.20. The fraction of sp³-hybridized carbons (Fsp3) is 0.600. The maximum Gasteiger partial charge on any atom is 0.0536 e. The van der Waals surface area contributed by atoms with Gasteiger partial charge in [0.25, 0.3) is 0 Å².